The maximum atomic E-state index is 10.7. The van der Waals surface area contributed by atoms with E-state index in [4.69, 9.17) is 28.9 Å². The first-order chi connectivity index (χ1) is 5.04. The van der Waals surface area contributed by atoms with Gasteiger partial charge in [-0.25, -0.2) is 0 Å². The number of hydrogen-bond acceptors (Lipinski definition) is 2. The minimum Gasteiger partial charge on any atom is -0.366 e. The molecule has 0 saturated heterocycles. The molecule has 0 radical (unpaired) electrons. The zero-order chi connectivity index (χ0) is 8.48. The van der Waals surface area contributed by atoms with Gasteiger partial charge in [-0.05, 0) is 12.2 Å². The van der Waals surface area contributed by atoms with E-state index in [0.717, 1.165) is 0 Å². The normalized spacial score (nSPS) is 29.1. The lowest BCUT2D eigenvalue weighted by molar-refractivity contribution is -0.119. The number of hydrogen-bond donors (Lipinski definition) is 2. The molecule has 3 nitrogen and oxygen atoms in total. The Morgan fingerprint density at radius 1 is 1.73 bits per heavy atom. The van der Waals surface area contributed by atoms with Crippen molar-refractivity contribution in [1.82, 2.24) is 5.32 Å². The number of alkyl halides is 1. The average molecular weight is 193 g/mol. The smallest absolute Gasteiger partial charge is 0.262 e. The summed E-state index contributed by atoms with van der Waals surface area (Å²) in [5.41, 5.74) is 4.99. The van der Waals surface area contributed by atoms with E-state index in [1.54, 1.807) is 12.2 Å². The molecule has 0 spiro atoms. The summed E-state index contributed by atoms with van der Waals surface area (Å²) >= 11 is 11.3. The van der Waals surface area contributed by atoms with Crippen molar-refractivity contribution in [1.29, 1.82) is 0 Å². The monoisotopic (exact) mass is 192 g/mol. The molecule has 1 aliphatic rings. The summed E-state index contributed by atoms with van der Waals surface area (Å²) in [5, 5.41) is 2.82. The molecular weight excluding hydrogens is 187 g/mol. The molecule has 0 aromatic rings. The van der Waals surface area contributed by atoms with E-state index in [-0.39, 0.29) is 0 Å². The van der Waals surface area contributed by atoms with Crippen molar-refractivity contribution in [2.75, 3.05) is 0 Å². The van der Waals surface area contributed by atoms with Gasteiger partial charge in [-0.15, -0.1) is 0 Å². The predicted octanol–water partition coefficient (Wildman–Crippen LogP) is 0.646. The van der Waals surface area contributed by atoms with Crippen LogP contribution in [0.1, 0.15) is 0 Å². The van der Waals surface area contributed by atoms with Crippen molar-refractivity contribution < 1.29 is 4.79 Å². The standard InChI is InChI=1S/C6H6Cl2N2O/c7-4-2-1-3-6(8,10-4)5(9)11/h1-3,10H,(H2,9,11). The number of primary amides is 1. The van der Waals surface area contributed by atoms with Gasteiger partial charge in [0.25, 0.3) is 5.91 Å². The Labute approximate surface area is 73.8 Å². The van der Waals surface area contributed by atoms with Crippen molar-refractivity contribution in [3.05, 3.63) is 23.4 Å². The number of nitrogens with two attached hydrogens (primary N) is 1. The van der Waals surface area contributed by atoms with Crippen LogP contribution in [0.2, 0.25) is 0 Å². The molecule has 1 rings (SSSR count). The maximum absolute atomic E-state index is 10.7. The van der Waals surface area contributed by atoms with Gasteiger partial charge in [0.05, 0.1) is 0 Å². The summed E-state index contributed by atoms with van der Waals surface area (Å²) in [6.45, 7) is 0. The second-order valence-corrected chi connectivity index (χ2v) is 3.08. The topological polar surface area (TPSA) is 55.1 Å². The molecule has 1 atom stereocenters. The third kappa shape index (κ3) is 1.67. The highest BCUT2D eigenvalue weighted by Crippen LogP contribution is 2.19. The predicted molar refractivity (Wildman–Crippen MR) is 44.0 cm³/mol. The van der Waals surface area contributed by atoms with E-state index in [9.17, 15) is 4.79 Å². The first kappa shape index (κ1) is 8.43. The van der Waals surface area contributed by atoms with Gasteiger partial charge >= 0.3 is 0 Å². The number of rotatable bonds is 1. The third-order valence-electron chi connectivity index (χ3n) is 1.23. The number of allylic oxidation sites excluding steroid dienone is 2. The molecule has 0 aromatic carbocycles. The molecule has 5 heteroatoms. The number of nitrogens with one attached hydrogen (secondary N) is 1. The Kier molecular flexibility index (Phi) is 2.11. The summed E-state index contributed by atoms with van der Waals surface area (Å²) < 4.78 is 0. The molecule has 60 valence electrons. The molecular formula is C6H6Cl2N2O. The van der Waals surface area contributed by atoms with Crippen molar-refractivity contribution in [3.8, 4) is 0 Å². The summed E-state index contributed by atoms with van der Waals surface area (Å²) in [5.74, 6) is -0.679. The SMILES string of the molecule is NC(=O)C1(Cl)C=CC=C(Cl)N1. The molecule has 0 bridgehead atoms. The minimum absolute atomic E-state index is 0.293. The molecule has 0 aliphatic carbocycles. The van der Waals surface area contributed by atoms with Crippen molar-refractivity contribution >= 4 is 29.1 Å². The van der Waals surface area contributed by atoms with Crippen LogP contribution in [-0.4, -0.2) is 10.9 Å². The van der Waals surface area contributed by atoms with Gasteiger partial charge in [0.1, 0.15) is 5.16 Å². The largest absolute Gasteiger partial charge is 0.366 e. The van der Waals surface area contributed by atoms with Gasteiger partial charge in [-0.2, -0.15) is 0 Å². The van der Waals surface area contributed by atoms with E-state index >= 15 is 0 Å². The second-order valence-electron chi connectivity index (χ2n) is 2.07. The van der Waals surface area contributed by atoms with Gasteiger partial charge in [0, 0.05) is 0 Å². The van der Waals surface area contributed by atoms with E-state index in [1.807, 2.05) is 0 Å². The van der Waals surface area contributed by atoms with Crippen LogP contribution < -0.4 is 11.1 Å². The van der Waals surface area contributed by atoms with E-state index < -0.39 is 10.9 Å². The Morgan fingerprint density at radius 2 is 2.36 bits per heavy atom. The van der Waals surface area contributed by atoms with Crippen LogP contribution in [0.5, 0.6) is 0 Å². The first-order valence-corrected chi connectivity index (χ1v) is 3.62. The molecule has 0 fully saturated rings. The maximum Gasteiger partial charge on any atom is 0.262 e. The number of carbonyl (C=O) groups excluding carboxylic acids is 1. The average Bonchev–Trinajstić information content (AvgIpc) is 1.86. The highest BCUT2D eigenvalue weighted by Gasteiger charge is 2.32. The highest BCUT2D eigenvalue weighted by atomic mass is 35.5. The van der Waals surface area contributed by atoms with Gasteiger partial charge in [0.15, 0.2) is 0 Å². The van der Waals surface area contributed by atoms with Gasteiger partial charge in [-0.1, -0.05) is 29.3 Å². The lowest BCUT2D eigenvalue weighted by atomic mass is 10.2. The second kappa shape index (κ2) is 2.75. The van der Waals surface area contributed by atoms with E-state index in [0.29, 0.717) is 5.16 Å². The number of amides is 1. The van der Waals surface area contributed by atoms with Crippen LogP contribution in [-0.2, 0) is 4.79 Å². The van der Waals surface area contributed by atoms with Gasteiger partial charge in [0.2, 0.25) is 5.00 Å². The number of carbonyl (C=O) groups is 1. The summed E-state index contributed by atoms with van der Waals surface area (Å²) in [7, 11) is 0. The molecule has 11 heavy (non-hydrogen) atoms. The van der Waals surface area contributed by atoms with Crippen LogP contribution in [0.25, 0.3) is 0 Å². The molecule has 3 N–H and O–H groups in total. The zero-order valence-electron chi connectivity index (χ0n) is 5.47. The van der Waals surface area contributed by atoms with E-state index in [1.165, 1.54) is 6.08 Å². The summed E-state index contributed by atoms with van der Waals surface area (Å²) in [6, 6.07) is 0. The first-order valence-electron chi connectivity index (χ1n) is 2.86. The molecule has 1 amide bonds. The summed E-state index contributed by atoms with van der Waals surface area (Å²) in [6.07, 6.45) is 4.57. The fourth-order valence-electron chi connectivity index (χ4n) is 0.666. The lowest BCUT2D eigenvalue weighted by Gasteiger charge is -2.23. The minimum atomic E-state index is -1.37. The summed E-state index contributed by atoms with van der Waals surface area (Å²) in [4.78, 5) is 9.34. The lowest BCUT2D eigenvalue weighted by Crippen LogP contribution is -2.49. The van der Waals surface area contributed by atoms with Crippen LogP contribution in [0.15, 0.2) is 23.4 Å². The fourth-order valence-corrected chi connectivity index (χ4v) is 1.11. The molecule has 0 saturated carbocycles. The molecule has 1 unspecified atom stereocenters. The highest BCUT2D eigenvalue weighted by molar-refractivity contribution is 6.38. The Bertz CT molecular complexity index is 249. The van der Waals surface area contributed by atoms with Crippen LogP contribution >= 0.6 is 23.2 Å². The van der Waals surface area contributed by atoms with Crippen LogP contribution in [0.3, 0.4) is 0 Å². The molecule has 0 aromatic heterocycles. The number of halogens is 2. The fraction of sp³-hybridized carbons (Fsp3) is 0.167. The van der Waals surface area contributed by atoms with Crippen molar-refractivity contribution in [3.63, 3.8) is 0 Å². The Balaban J connectivity index is 2.86. The van der Waals surface area contributed by atoms with E-state index in [2.05, 4.69) is 5.32 Å². The Morgan fingerprint density at radius 3 is 2.73 bits per heavy atom. The van der Waals surface area contributed by atoms with Crippen molar-refractivity contribution in [2.45, 2.75) is 5.00 Å². The quantitative estimate of drug-likeness (QED) is 0.474. The van der Waals surface area contributed by atoms with Gasteiger partial charge in [-0.3, -0.25) is 4.79 Å². The number of dihydropyridines is 1. The Hall–Kier alpha value is -0.670. The van der Waals surface area contributed by atoms with Crippen molar-refractivity contribution in [2.24, 2.45) is 5.73 Å². The third-order valence-corrected chi connectivity index (χ3v) is 1.86. The molecule has 1 heterocycles. The molecule has 1 aliphatic heterocycles. The zero-order valence-corrected chi connectivity index (χ0v) is 6.99. The van der Waals surface area contributed by atoms with Crippen LogP contribution in [0.4, 0.5) is 0 Å². The van der Waals surface area contributed by atoms with Gasteiger partial charge < -0.3 is 11.1 Å². The van der Waals surface area contributed by atoms with Crippen LogP contribution in [0, 0.1) is 0 Å².